The highest BCUT2D eigenvalue weighted by molar-refractivity contribution is 7.17. The molecular weight excluding hydrogens is 338 g/mol. The molecule has 0 aliphatic carbocycles. The summed E-state index contributed by atoms with van der Waals surface area (Å²) >= 11 is 1.09. The molecule has 25 heavy (non-hydrogen) atoms. The molecule has 7 heteroatoms. The smallest absolute Gasteiger partial charge is 0.350 e. The largest absolute Gasteiger partial charge is 0.465 e. The van der Waals surface area contributed by atoms with Crippen LogP contribution in [0.25, 0.3) is 0 Å². The minimum absolute atomic E-state index is 0.331. The van der Waals surface area contributed by atoms with E-state index < -0.39 is 12.0 Å². The summed E-state index contributed by atoms with van der Waals surface area (Å²) in [6.07, 6.45) is 0. The summed E-state index contributed by atoms with van der Waals surface area (Å²) in [4.78, 5) is 29.2. The van der Waals surface area contributed by atoms with Crippen LogP contribution < -0.4 is 11.1 Å². The lowest BCUT2D eigenvalue weighted by atomic mass is 9.91. The van der Waals surface area contributed by atoms with Gasteiger partial charge < -0.3 is 15.8 Å². The summed E-state index contributed by atoms with van der Waals surface area (Å²) in [5.74, 6) is -0.847. The van der Waals surface area contributed by atoms with E-state index in [0.29, 0.717) is 21.3 Å². The number of rotatable bonds is 4. The predicted molar refractivity (Wildman–Crippen MR) is 98.9 cm³/mol. The number of methoxy groups -OCH3 is 1. The predicted octanol–water partition coefficient (Wildman–Crippen LogP) is 3.17. The fraction of sp³-hybridized carbons (Fsp3) is 0.389. The van der Waals surface area contributed by atoms with Gasteiger partial charge in [0.1, 0.15) is 10.9 Å². The second-order valence-electron chi connectivity index (χ2n) is 6.82. The number of anilines is 1. The van der Waals surface area contributed by atoms with E-state index in [2.05, 4.69) is 10.3 Å². The zero-order valence-electron chi connectivity index (χ0n) is 15.0. The van der Waals surface area contributed by atoms with Crippen LogP contribution in [0, 0.1) is 6.92 Å². The molecule has 1 aromatic heterocycles. The molecule has 1 atom stereocenters. The maximum Gasteiger partial charge on any atom is 0.350 e. The number of carbonyl (C=O) groups is 2. The Labute approximate surface area is 151 Å². The number of nitrogens with one attached hydrogen (secondary N) is 1. The molecule has 6 nitrogen and oxygen atoms in total. The second kappa shape index (κ2) is 7.33. The zero-order valence-corrected chi connectivity index (χ0v) is 15.9. The van der Waals surface area contributed by atoms with Crippen molar-refractivity contribution < 1.29 is 14.3 Å². The molecule has 3 N–H and O–H groups in total. The number of nitrogens with zero attached hydrogens (tertiary/aromatic N) is 1. The molecule has 0 fully saturated rings. The summed E-state index contributed by atoms with van der Waals surface area (Å²) in [6.45, 7) is 7.79. The van der Waals surface area contributed by atoms with E-state index in [1.807, 2.05) is 52.0 Å². The number of hydrogen-bond acceptors (Lipinski definition) is 6. The molecule has 1 amide bonds. The summed E-state index contributed by atoms with van der Waals surface area (Å²) in [5, 5.41) is 3.03. The molecule has 1 heterocycles. The molecule has 0 spiro atoms. The van der Waals surface area contributed by atoms with E-state index in [-0.39, 0.29) is 11.3 Å². The van der Waals surface area contributed by atoms with Crippen LogP contribution in [0.2, 0.25) is 0 Å². The van der Waals surface area contributed by atoms with Crippen LogP contribution in [0.15, 0.2) is 24.3 Å². The van der Waals surface area contributed by atoms with Crippen molar-refractivity contribution in [1.82, 2.24) is 4.98 Å². The highest BCUT2D eigenvalue weighted by Crippen LogP contribution is 2.33. The van der Waals surface area contributed by atoms with Crippen LogP contribution in [0.1, 0.15) is 53.3 Å². The first-order valence-corrected chi connectivity index (χ1v) is 8.67. The quantitative estimate of drug-likeness (QED) is 0.816. The Bertz CT molecular complexity index is 776. The third-order valence-electron chi connectivity index (χ3n) is 3.66. The van der Waals surface area contributed by atoms with Gasteiger partial charge >= 0.3 is 5.97 Å². The third-order valence-corrected chi connectivity index (χ3v) is 4.61. The van der Waals surface area contributed by atoms with E-state index in [1.54, 1.807) is 0 Å². The van der Waals surface area contributed by atoms with Crippen LogP contribution in [0.4, 0.5) is 5.13 Å². The fourth-order valence-corrected chi connectivity index (χ4v) is 3.32. The molecule has 134 valence electrons. The van der Waals surface area contributed by atoms with Crippen LogP contribution >= 0.6 is 11.3 Å². The van der Waals surface area contributed by atoms with Gasteiger partial charge in [0.15, 0.2) is 5.13 Å². The number of ether oxygens (including phenoxy) is 1. The Balaban J connectivity index is 2.24. The zero-order chi connectivity index (χ0) is 18.8. The average Bonchev–Trinajstić information content (AvgIpc) is 2.98. The van der Waals surface area contributed by atoms with Gasteiger partial charge in [0.25, 0.3) is 0 Å². The lowest BCUT2D eigenvalue weighted by Crippen LogP contribution is -2.27. The lowest BCUT2D eigenvalue weighted by molar-refractivity contribution is -0.117. The maximum atomic E-state index is 12.4. The number of amides is 1. The van der Waals surface area contributed by atoms with E-state index >= 15 is 0 Å². The first kappa shape index (κ1) is 19.1. The number of thiazole rings is 1. The lowest BCUT2D eigenvalue weighted by Gasteiger charge is -2.16. The highest BCUT2D eigenvalue weighted by atomic mass is 32.1. The van der Waals surface area contributed by atoms with Crippen molar-refractivity contribution in [2.75, 3.05) is 12.4 Å². The van der Waals surface area contributed by atoms with Gasteiger partial charge in [-0.3, -0.25) is 4.79 Å². The summed E-state index contributed by atoms with van der Waals surface area (Å²) in [6, 6.07) is 6.63. The van der Waals surface area contributed by atoms with Gasteiger partial charge in [-0.05, 0) is 12.5 Å². The maximum absolute atomic E-state index is 12.4. The molecule has 0 aliphatic heterocycles. The van der Waals surface area contributed by atoms with Crippen LogP contribution in [-0.4, -0.2) is 24.0 Å². The van der Waals surface area contributed by atoms with Crippen LogP contribution in [0.5, 0.6) is 0 Å². The van der Waals surface area contributed by atoms with Crippen molar-refractivity contribution in [3.8, 4) is 0 Å². The molecule has 0 bridgehead atoms. The van der Waals surface area contributed by atoms with E-state index in [9.17, 15) is 9.59 Å². The van der Waals surface area contributed by atoms with Gasteiger partial charge in [-0.25, -0.2) is 9.78 Å². The Kier molecular flexibility index (Phi) is 5.59. The molecule has 2 aromatic rings. The fourth-order valence-electron chi connectivity index (χ4n) is 2.22. The molecule has 0 aliphatic rings. The van der Waals surface area contributed by atoms with Crippen molar-refractivity contribution in [2.24, 2.45) is 5.73 Å². The first-order chi connectivity index (χ1) is 11.6. The van der Waals surface area contributed by atoms with Gasteiger partial charge in [0.05, 0.1) is 12.8 Å². The van der Waals surface area contributed by atoms with E-state index in [1.165, 1.54) is 7.11 Å². The molecule has 0 saturated heterocycles. The van der Waals surface area contributed by atoms with Crippen molar-refractivity contribution >= 4 is 28.3 Å². The van der Waals surface area contributed by atoms with Crippen LogP contribution in [0.3, 0.4) is 0 Å². The van der Waals surface area contributed by atoms with Crippen molar-refractivity contribution in [3.63, 3.8) is 0 Å². The topological polar surface area (TPSA) is 94.3 Å². The third kappa shape index (κ3) is 4.43. The molecule has 0 saturated carbocycles. The summed E-state index contributed by atoms with van der Waals surface area (Å²) in [7, 11) is 1.32. The minimum atomic E-state index is -0.816. The number of aryl methyl sites for hydroxylation is 1. The standard InChI is InChI=1S/C18H23N3O3S/c1-10-6-8-11(9-7-10)12(19)15(22)21-17-20-14(18(2,3)4)13(25-17)16(23)24-5/h6-9,12H,19H2,1-5H3,(H,20,21,22). The number of benzene rings is 1. The Morgan fingerprint density at radius 1 is 1.24 bits per heavy atom. The van der Waals surface area contributed by atoms with Gasteiger partial charge in [0.2, 0.25) is 5.91 Å². The Morgan fingerprint density at radius 2 is 1.84 bits per heavy atom. The van der Waals surface area contributed by atoms with Crippen LogP contribution in [-0.2, 0) is 14.9 Å². The molecule has 1 aromatic carbocycles. The Morgan fingerprint density at radius 3 is 2.36 bits per heavy atom. The number of aromatic nitrogens is 1. The second-order valence-corrected chi connectivity index (χ2v) is 7.82. The SMILES string of the molecule is COC(=O)c1sc(NC(=O)C(N)c2ccc(C)cc2)nc1C(C)(C)C. The van der Waals surface area contributed by atoms with Gasteiger partial charge in [-0.15, -0.1) is 0 Å². The molecular formula is C18H23N3O3S. The van der Waals surface area contributed by atoms with Gasteiger partial charge in [0, 0.05) is 5.41 Å². The van der Waals surface area contributed by atoms with Gasteiger partial charge in [-0.1, -0.05) is 61.9 Å². The number of carbonyl (C=O) groups excluding carboxylic acids is 2. The van der Waals surface area contributed by atoms with Crippen molar-refractivity contribution in [3.05, 3.63) is 46.0 Å². The number of nitrogens with two attached hydrogens (primary N) is 1. The van der Waals surface area contributed by atoms with Crippen molar-refractivity contribution in [1.29, 1.82) is 0 Å². The van der Waals surface area contributed by atoms with Crippen molar-refractivity contribution in [2.45, 2.75) is 39.2 Å². The highest BCUT2D eigenvalue weighted by Gasteiger charge is 2.28. The summed E-state index contributed by atoms with van der Waals surface area (Å²) < 4.78 is 4.81. The Hall–Kier alpha value is -2.25. The van der Waals surface area contributed by atoms with E-state index in [4.69, 9.17) is 10.5 Å². The average molecular weight is 361 g/mol. The first-order valence-electron chi connectivity index (χ1n) is 7.86. The number of hydrogen-bond donors (Lipinski definition) is 2. The molecule has 1 unspecified atom stereocenters. The minimum Gasteiger partial charge on any atom is -0.465 e. The molecule has 2 rings (SSSR count). The summed E-state index contributed by atoms with van der Waals surface area (Å²) in [5.41, 5.74) is 8.06. The normalized spacial score (nSPS) is 12.6. The molecule has 0 radical (unpaired) electrons. The number of esters is 1. The monoisotopic (exact) mass is 361 g/mol. The van der Waals surface area contributed by atoms with E-state index in [0.717, 1.165) is 16.9 Å². The van der Waals surface area contributed by atoms with Gasteiger partial charge in [-0.2, -0.15) is 0 Å².